The maximum atomic E-state index is 12.0. The highest BCUT2D eigenvalue weighted by atomic mass is 79.9. The number of halogens is 3. The summed E-state index contributed by atoms with van der Waals surface area (Å²) in [6.45, 7) is 0. The summed E-state index contributed by atoms with van der Waals surface area (Å²) in [6, 6.07) is 4.19. The molecule has 0 aliphatic carbocycles. The fourth-order valence-corrected chi connectivity index (χ4v) is 2.30. The highest BCUT2D eigenvalue weighted by Crippen LogP contribution is 2.25. The van der Waals surface area contributed by atoms with Crippen LogP contribution in [0.5, 0.6) is 0 Å². The van der Waals surface area contributed by atoms with Crippen molar-refractivity contribution in [3.63, 3.8) is 0 Å². The van der Waals surface area contributed by atoms with Gasteiger partial charge < -0.3 is 5.73 Å². The second-order valence-corrected chi connectivity index (χ2v) is 4.49. The quantitative estimate of drug-likeness (QED) is 0.838. The predicted molar refractivity (Wildman–Crippen MR) is 51.0 cm³/mol. The monoisotopic (exact) mass is 269 g/mol. The van der Waals surface area contributed by atoms with Gasteiger partial charge in [-0.3, -0.25) is 0 Å². The van der Waals surface area contributed by atoms with Crippen LogP contribution in [0.1, 0.15) is 0 Å². The van der Waals surface area contributed by atoms with Gasteiger partial charge >= 0.3 is 5.76 Å². The number of hydrogen-bond acceptors (Lipinski definition) is 2. The summed E-state index contributed by atoms with van der Waals surface area (Å²) in [5, 5.41) is 0. The summed E-state index contributed by atoms with van der Waals surface area (Å²) in [4.78, 5) is 0.0594. The van der Waals surface area contributed by atoms with Gasteiger partial charge in [-0.15, -0.1) is 0 Å². The molecule has 0 aliphatic rings. The van der Waals surface area contributed by atoms with E-state index in [9.17, 15) is 13.0 Å². The van der Waals surface area contributed by atoms with E-state index >= 15 is 0 Å². The van der Waals surface area contributed by atoms with E-state index in [1.165, 1.54) is 18.2 Å². The minimum Gasteiger partial charge on any atom is -0.399 e. The lowest BCUT2D eigenvalue weighted by Crippen LogP contribution is -2.03. The minimum absolute atomic E-state index is 0.0594. The lowest BCUT2D eigenvalue weighted by Gasteiger charge is -2.03. The molecule has 0 saturated heterocycles. The third-order valence-electron chi connectivity index (χ3n) is 1.33. The van der Waals surface area contributed by atoms with Gasteiger partial charge in [0, 0.05) is 10.2 Å². The Morgan fingerprint density at radius 3 is 2.54 bits per heavy atom. The van der Waals surface area contributed by atoms with Crippen LogP contribution in [0.15, 0.2) is 27.6 Å². The molecule has 2 N–H and O–H groups in total. The molecule has 6 heteroatoms. The van der Waals surface area contributed by atoms with Crippen molar-refractivity contribution in [1.82, 2.24) is 0 Å². The normalized spacial score (nSPS) is 13.2. The molecule has 0 saturated carbocycles. The Hall–Kier alpha value is -0.490. The number of anilines is 1. The lowest BCUT2D eigenvalue weighted by atomic mass is 10.3. The zero-order chi connectivity index (χ0) is 10.0. The maximum Gasteiger partial charge on any atom is 0.316 e. The summed E-state index contributed by atoms with van der Waals surface area (Å²) in [5.41, 5.74) is 5.82. The van der Waals surface area contributed by atoms with Gasteiger partial charge in [0.15, 0.2) is 0 Å². The first-order valence-electron chi connectivity index (χ1n) is 3.26. The minimum atomic E-state index is -2.88. The first kappa shape index (κ1) is 10.6. The summed E-state index contributed by atoms with van der Waals surface area (Å²) in [7, 11) is -2.29. The van der Waals surface area contributed by atoms with Crippen LogP contribution in [-0.2, 0) is 10.8 Å². The molecular formula is C7H6BrF2NOS. The van der Waals surface area contributed by atoms with Crippen LogP contribution in [0.25, 0.3) is 0 Å². The third kappa shape index (κ3) is 2.47. The van der Waals surface area contributed by atoms with E-state index in [2.05, 4.69) is 15.9 Å². The molecular weight excluding hydrogens is 264 g/mol. The molecule has 0 bridgehead atoms. The molecule has 0 fully saturated rings. The van der Waals surface area contributed by atoms with Gasteiger partial charge in [-0.1, -0.05) is 0 Å². The molecule has 0 radical (unpaired) electrons. The van der Waals surface area contributed by atoms with Gasteiger partial charge in [0.2, 0.25) is 0 Å². The number of nitrogen functional groups attached to an aromatic ring is 1. The smallest absolute Gasteiger partial charge is 0.316 e. The van der Waals surface area contributed by atoms with Crippen LogP contribution in [0.2, 0.25) is 0 Å². The van der Waals surface area contributed by atoms with Crippen molar-refractivity contribution in [3.05, 3.63) is 22.7 Å². The van der Waals surface area contributed by atoms with E-state index in [4.69, 9.17) is 5.73 Å². The van der Waals surface area contributed by atoms with Crippen LogP contribution < -0.4 is 5.73 Å². The van der Waals surface area contributed by atoms with Crippen molar-refractivity contribution in [2.75, 3.05) is 5.73 Å². The van der Waals surface area contributed by atoms with Crippen LogP contribution in [0.4, 0.5) is 14.5 Å². The number of nitrogens with two attached hydrogens (primary N) is 1. The molecule has 1 aromatic carbocycles. The van der Waals surface area contributed by atoms with Crippen molar-refractivity contribution in [3.8, 4) is 0 Å². The zero-order valence-electron chi connectivity index (χ0n) is 6.34. The van der Waals surface area contributed by atoms with E-state index in [-0.39, 0.29) is 4.90 Å². The highest BCUT2D eigenvalue weighted by Gasteiger charge is 2.17. The lowest BCUT2D eigenvalue weighted by molar-refractivity contribution is 0.244. The van der Waals surface area contributed by atoms with Crippen LogP contribution in [0, 0.1) is 0 Å². The maximum absolute atomic E-state index is 12.0. The first-order chi connectivity index (χ1) is 6.02. The average Bonchev–Trinajstić information content (AvgIpc) is 2.03. The Kier molecular flexibility index (Phi) is 3.38. The van der Waals surface area contributed by atoms with Crippen LogP contribution in [0.3, 0.4) is 0 Å². The highest BCUT2D eigenvalue weighted by molar-refractivity contribution is 9.10. The molecule has 0 amide bonds. The molecule has 1 unspecified atom stereocenters. The number of hydrogen-bond donors (Lipinski definition) is 1. The number of rotatable bonds is 2. The molecule has 2 nitrogen and oxygen atoms in total. The predicted octanol–water partition coefficient (Wildman–Crippen LogP) is 2.36. The molecule has 13 heavy (non-hydrogen) atoms. The zero-order valence-corrected chi connectivity index (χ0v) is 8.74. The molecule has 0 heterocycles. The molecule has 1 aromatic rings. The van der Waals surface area contributed by atoms with Gasteiger partial charge in [-0.25, -0.2) is 4.21 Å². The van der Waals surface area contributed by atoms with Gasteiger partial charge in [0.1, 0.15) is 10.8 Å². The van der Waals surface area contributed by atoms with Crippen molar-refractivity contribution in [2.24, 2.45) is 0 Å². The average molecular weight is 270 g/mol. The Morgan fingerprint density at radius 2 is 2.08 bits per heavy atom. The van der Waals surface area contributed by atoms with Gasteiger partial charge in [0.05, 0.1) is 4.90 Å². The summed E-state index contributed by atoms with van der Waals surface area (Å²) < 4.78 is 35.4. The Labute approximate surface area is 84.7 Å². The standard InChI is InChI=1S/C7H6BrF2NOS/c8-5-3-4(11)1-2-6(5)13(12)7(9)10/h1-3,7H,11H2. The number of alkyl halides is 2. The van der Waals surface area contributed by atoms with Gasteiger partial charge in [-0.2, -0.15) is 8.78 Å². The van der Waals surface area contributed by atoms with Crippen molar-refractivity contribution in [1.29, 1.82) is 0 Å². The molecule has 0 aliphatic heterocycles. The van der Waals surface area contributed by atoms with E-state index in [0.29, 0.717) is 10.2 Å². The van der Waals surface area contributed by atoms with Crippen molar-refractivity contribution in [2.45, 2.75) is 10.7 Å². The van der Waals surface area contributed by atoms with E-state index < -0.39 is 16.6 Å². The van der Waals surface area contributed by atoms with E-state index in [0.717, 1.165) is 0 Å². The van der Waals surface area contributed by atoms with E-state index in [1.54, 1.807) is 0 Å². The Bertz CT molecular complexity index is 345. The molecule has 0 aromatic heterocycles. The fraction of sp³-hybridized carbons (Fsp3) is 0.143. The first-order valence-corrected chi connectivity index (χ1v) is 5.26. The Morgan fingerprint density at radius 1 is 1.46 bits per heavy atom. The van der Waals surface area contributed by atoms with Crippen LogP contribution in [-0.4, -0.2) is 9.97 Å². The second kappa shape index (κ2) is 4.15. The topological polar surface area (TPSA) is 43.1 Å². The molecule has 0 spiro atoms. The third-order valence-corrected chi connectivity index (χ3v) is 3.37. The molecule has 1 rings (SSSR count). The SMILES string of the molecule is Nc1ccc(S(=O)C(F)F)c(Br)c1. The fourth-order valence-electron chi connectivity index (χ4n) is 0.776. The summed E-state index contributed by atoms with van der Waals surface area (Å²) >= 11 is 3.01. The second-order valence-electron chi connectivity index (χ2n) is 2.25. The van der Waals surface area contributed by atoms with Crippen LogP contribution >= 0.6 is 15.9 Å². The Balaban J connectivity index is 3.09. The molecule has 72 valence electrons. The summed E-state index contributed by atoms with van der Waals surface area (Å²) in [6.07, 6.45) is 0. The number of benzene rings is 1. The van der Waals surface area contributed by atoms with E-state index in [1.807, 2.05) is 0 Å². The van der Waals surface area contributed by atoms with Crippen molar-refractivity contribution >= 4 is 32.4 Å². The van der Waals surface area contributed by atoms with Gasteiger partial charge in [0.25, 0.3) is 0 Å². The largest absolute Gasteiger partial charge is 0.399 e. The van der Waals surface area contributed by atoms with Crippen molar-refractivity contribution < 1.29 is 13.0 Å². The summed E-state index contributed by atoms with van der Waals surface area (Å²) in [5.74, 6) is -2.88. The molecule has 1 atom stereocenters. The van der Waals surface area contributed by atoms with Gasteiger partial charge in [-0.05, 0) is 34.1 Å².